The van der Waals surface area contributed by atoms with Gasteiger partial charge in [-0.25, -0.2) is 9.97 Å². The normalized spacial score (nSPS) is 20.5. The van der Waals surface area contributed by atoms with Crippen molar-refractivity contribution in [1.29, 1.82) is 0 Å². The largest absolute Gasteiger partial charge is 0.396 e. The van der Waals surface area contributed by atoms with Crippen molar-refractivity contribution in [2.75, 3.05) is 17.7 Å². The fourth-order valence-corrected chi connectivity index (χ4v) is 4.33. The van der Waals surface area contributed by atoms with Crippen molar-refractivity contribution in [2.45, 2.75) is 25.3 Å². The number of nitrogen functional groups attached to an aromatic ring is 1. The minimum Gasteiger partial charge on any atom is -0.396 e. The molecule has 0 spiro atoms. The van der Waals surface area contributed by atoms with Gasteiger partial charge in [0.05, 0.1) is 15.8 Å². The molecule has 3 aromatic rings. The van der Waals surface area contributed by atoms with E-state index in [2.05, 4.69) is 16.4 Å². The Bertz CT molecular complexity index is 830. The van der Waals surface area contributed by atoms with E-state index in [0.29, 0.717) is 17.8 Å². The number of benzene rings is 1. The molecule has 0 saturated heterocycles. The summed E-state index contributed by atoms with van der Waals surface area (Å²) in [6.07, 6.45) is 4.91. The van der Waals surface area contributed by atoms with Crippen LogP contribution >= 0.6 is 11.3 Å². The summed E-state index contributed by atoms with van der Waals surface area (Å²) in [4.78, 5) is 8.99. The number of hydrogen-bond donors (Lipinski definition) is 3. The number of hydrogen-bond acceptors (Lipinski definition) is 6. The summed E-state index contributed by atoms with van der Waals surface area (Å²) in [5.41, 5.74) is 8.86. The number of nitrogens with one attached hydrogen (secondary N) is 1. The summed E-state index contributed by atoms with van der Waals surface area (Å²) < 4.78 is 1.16. The Kier molecular flexibility index (Phi) is 4.08. The molecule has 1 saturated carbocycles. The van der Waals surface area contributed by atoms with Gasteiger partial charge >= 0.3 is 0 Å². The third-order valence-corrected chi connectivity index (χ3v) is 5.68. The first-order valence-electron chi connectivity index (χ1n) is 8.22. The summed E-state index contributed by atoms with van der Waals surface area (Å²) in [6, 6.07) is 10.4. The summed E-state index contributed by atoms with van der Waals surface area (Å²) in [5, 5.41) is 13.9. The van der Waals surface area contributed by atoms with Crippen molar-refractivity contribution in [3.05, 3.63) is 36.5 Å². The van der Waals surface area contributed by atoms with Crippen LogP contribution in [-0.4, -0.2) is 27.7 Å². The first-order valence-corrected chi connectivity index (χ1v) is 9.03. The lowest BCUT2D eigenvalue weighted by atomic mass is 10.1. The van der Waals surface area contributed by atoms with Crippen molar-refractivity contribution in [1.82, 2.24) is 9.97 Å². The number of anilines is 2. The number of nitrogens with zero attached hydrogens (tertiary/aromatic N) is 2. The van der Waals surface area contributed by atoms with Gasteiger partial charge in [-0.2, -0.15) is 0 Å². The monoisotopic (exact) mass is 340 g/mol. The highest BCUT2D eigenvalue weighted by Crippen LogP contribution is 2.36. The van der Waals surface area contributed by atoms with Crippen LogP contribution in [0.2, 0.25) is 0 Å². The molecule has 4 rings (SSSR count). The molecule has 1 aliphatic rings. The highest BCUT2D eigenvalue weighted by atomic mass is 32.1. The summed E-state index contributed by atoms with van der Waals surface area (Å²) in [7, 11) is 0. The average molecular weight is 340 g/mol. The van der Waals surface area contributed by atoms with Gasteiger partial charge in [-0.1, -0.05) is 12.1 Å². The molecule has 1 aromatic carbocycles. The Hall–Kier alpha value is -2.18. The highest BCUT2D eigenvalue weighted by molar-refractivity contribution is 7.21. The lowest BCUT2D eigenvalue weighted by Gasteiger charge is -2.17. The Morgan fingerprint density at radius 1 is 1.29 bits per heavy atom. The number of aromatic nitrogens is 2. The van der Waals surface area contributed by atoms with Crippen LogP contribution in [0, 0.1) is 5.92 Å². The average Bonchev–Trinajstić information content (AvgIpc) is 3.21. The molecular formula is C18H20N4OS. The van der Waals surface area contributed by atoms with Crippen LogP contribution in [-0.2, 0) is 0 Å². The zero-order chi connectivity index (χ0) is 16.5. The van der Waals surface area contributed by atoms with Crippen molar-refractivity contribution >= 4 is 33.1 Å². The Balaban J connectivity index is 1.68. The number of rotatable bonds is 4. The van der Waals surface area contributed by atoms with E-state index in [0.717, 1.165) is 45.7 Å². The summed E-state index contributed by atoms with van der Waals surface area (Å²) in [5.74, 6) is 0.895. The second kappa shape index (κ2) is 6.37. The number of fused-ring (bicyclic) bond motifs is 1. The van der Waals surface area contributed by atoms with Gasteiger partial charge in [0.2, 0.25) is 0 Å². The molecule has 1 fully saturated rings. The maximum absolute atomic E-state index is 9.34. The molecule has 4 N–H and O–H groups in total. The zero-order valence-corrected chi connectivity index (χ0v) is 14.1. The topological polar surface area (TPSA) is 84.1 Å². The Morgan fingerprint density at radius 2 is 2.17 bits per heavy atom. The number of nitrogens with two attached hydrogens (primary N) is 1. The van der Waals surface area contributed by atoms with Crippen LogP contribution in [0.5, 0.6) is 0 Å². The minimum absolute atomic E-state index is 0.265. The van der Waals surface area contributed by atoms with Gasteiger partial charge < -0.3 is 16.2 Å². The molecule has 2 unspecified atom stereocenters. The molecule has 2 atom stereocenters. The van der Waals surface area contributed by atoms with Crippen molar-refractivity contribution in [3.8, 4) is 10.6 Å². The Labute approximate surface area is 144 Å². The molecule has 6 heteroatoms. The standard InChI is InChI=1S/C18H20N4OS/c19-17-8-15(21-12-6-5-11(7-12)10-23)13(9-20-17)18-22-14-3-1-2-4-16(14)24-18/h1-4,8-9,11-12,23H,5-7,10H2,(H3,19,20,21). The molecular weight excluding hydrogens is 320 g/mol. The van der Waals surface area contributed by atoms with Gasteiger partial charge in [0, 0.05) is 30.6 Å². The number of aliphatic hydroxyl groups is 1. The number of pyridine rings is 1. The molecule has 2 aromatic heterocycles. The van der Waals surface area contributed by atoms with Gasteiger partial charge in [-0.3, -0.25) is 0 Å². The molecule has 2 heterocycles. The van der Waals surface area contributed by atoms with Gasteiger partial charge in [0.1, 0.15) is 10.8 Å². The van der Waals surface area contributed by atoms with Crippen LogP contribution in [0.4, 0.5) is 11.5 Å². The molecule has 124 valence electrons. The SMILES string of the molecule is Nc1cc(NC2CCC(CO)C2)c(-c2nc3ccccc3s2)cn1. The first-order chi connectivity index (χ1) is 11.7. The quantitative estimate of drug-likeness (QED) is 0.677. The predicted octanol–water partition coefficient (Wildman–Crippen LogP) is 3.51. The molecule has 5 nitrogen and oxygen atoms in total. The van der Waals surface area contributed by atoms with Crippen molar-refractivity contribution < 1.29 is 5.11 Å². The number of thiazole rings is 1. The summed E-state index contributed by atoms with van der Waals surface area (Å²) in [6.45, 7) is 0.265. The lowest BCUT2D eigenvalue weighted by Crippen LogP contribution is -2.17. The smallest absolute Gasteiger partial charge is 0.128 e. The molecule has 24 heavy (non-hydrogen) atoms. The minimum atomic E-state index is 0.265. The van der Waals surface area contributed by atoms with Crippen LogP contribution in [0.1, 0.15) is 19.3 Å². The van der Waals surface area contributed by atoms with Crippen molar-refractivity contribution in [2.24, 2.45) is 5.92 Å². The molecule has 1 aliphatic carbocycles. The summed E-state index contributed by atoms with van der Waals surface area (Å²) >= 11 is 1.66. The van der Waals surface area contributed by atoms with E-state index < -0.39 is 0 Å². The van der Waals surface area contributed by atoms with Crippen molar-refractivity contribution in [3.63, 3.8) is 0 Å². The fraction of sp³-hybridized carbons (Fsp3) is 0.333. The van der Waals surface area contributed by atoms with E-state index >= 15 is 0 Å². The maximum Gasteiger partial charge on any atom is 0.128 e. The zero-order valence-electron chi connectivity index (χ0n) is 13.3. The number of aliphatic hydroxyl groups excluding tert-OH is 1. The fourth-order valence-electron chi connectivity index (χ4n) is 3.34. The van der Waals surface area contributed by atoms with Gasteiger partial charge in [-0.15, -0.1) is 11.3 Å². The first kappa shape index (κ1) is 15.4. The van der Waals surface area contributed by atoms with E-state index in [1.165, 1.54) is 0 Å². The molecule has 0 amide bonds. The second-order valence-corrected chi connectivity index (χ2v) is 7.38. The van der Waals surface area contributed by atoms with Crippen LogP contribution < -0.4 is 11.1 Å². The van der Waals surface area contributed by atoms with E-state index in [4.69, 9.17) is 10.7 Å². The third kappa shape index (κ3) is 2.95. The van der Waals surface area contributed by atoms with Crippen LogP contribution in [0.3, 0.4) is 0 Å². The molecule has 0 aliphatic heterocycles. The van der Waals surface area contributed by atoms with E-state index in [-0.39, 0.29) is 6.61 Å². The number of para-hydroxylation sites is 1. The van der Waals surface area contributed by atoms with Crippen LogP contribution in [0.25, 0.3) is 20.8 Å². The molecule has 0 radical (unpaired) electrons. The Morgan fingerprint density at radius 3 is 2.96 bits per heavy atom. The predicted molar refractivity (Wildman–Crippen MR) is 99.1 cm³/mol. The van der Waals surface area contributed by atoms with Gasteiger partial charge in [0.15, 0.2) is 0 Å². The van der Waals surface area contributed by atoms with E-state index in [1.807, 2.05) is 24.3 Å². The van der Waals surface area contributed by atoms with Crippen LogP contribution in [0.15, 0.2) is 36.5 Å². The van der Waals surface area contributed by atoms with Gasteiger partial charge in [0.25, 0.3) is 0 Å². The maximum atomic E-state index is 9.34. The second-order valence-electron chi connectivity index (χ2n) is 6.34. The van der Waals surface area contributed by atoms with Gasteiger partial charge in [-0.05, 0) is 37.3 Å². The molecule has 0 bridgehead atoms. The van der Waals surface area contributed by atoms with E-state index in [1.54, 1.807) is 17.5 Å². The highest BCUT2D eigenvalue weighted by Gasteiger charge is 2.25. The lowest BCUT2D eigenvalue weighted by molar-refractivity contribution is 0.229. The third-order valence-electron chi connectivity index (χ3n) is 4.61. The van der Waals surface area contributed by atoms with E-state index in [9.17, 15) is 5.11 Å².